The Morgan fingerprint density at radius 1 is 1.43 bits per heavy atom. The average molecular weight is 312 g/mol. The molecule has 1 unspecified atom stereocenters. The summed E-state index contributed by atoms with van der Waals surface area (Å²) < 4.78 is 5.62. The number of aliphatic carboxylic acids is 1. The third-order valence-corrected chi connectivity index (χ3v) is 4.33. The van der Waals surface area contributed by atoms with Crippen molar-refractivity contribution in [3.8, 4) is 0 Å². The Morgan fingerprint density at radius 3 is 2.81 bits per heavy atom. The lowest BCUT2D eigenvalue weighted by Gasteiger charge is -2.15. The van der Waals surface area contributed by atoms with E-state index in [9.17, 15) is 9.59 Å². The van der Waals surface area contributed by atoms with E-state index in [1.807, 2.05) is 0 Å². The van der Waals surface area contributed by atoms with Crippen LogP contribution in [0.15, 0.2) is 17.5 Å². The highest BCUT2D eigenvalue weighted by atomic mass is 32.1. The van der Waals surface area contributed by atoms with E-state index in [4.69, 9.17) is 9.84 Å². The summed E-state index contributed by atoms with van der Waals surface area (Å²) in [6.45, 7) is 0.827. The van der Waals surface area contributed by atoms with Gasteiger partial charge in [0.15, 0.2) is 6.04 Å². The summed E-state index contributed by atoms with van der Waals surface area (Å²) in [5, 5.41) is 16.0. The van der Waals surface area contributed by atoms with Gasteiger partial charge < -0.3 is 20.5 Å². The molecule has 1 aliphatic rings. The maximum absolute atomic E-state index is 11.7. The molecule has 1 atom stereocenters. The molecule has 1 heterocycles. The van der Waals surface area contributed by atoms with Crippen molar-refractivity contribution >= 4 is 23.3 Å². The number of carbonyl (C=O) groups excluding carboxylic acids is 1. The van der Waals surface area contributed by atoms with Crippen molar-refractivity contribution in [1.29, 1.82) is 0 Å². The molecule has 1 aliphatic carbocycles. The second-order valence-corrected chi connectivity index (χ2v) is 5.94. The number of rotatable bonds is 7. The van der Waals surface area contributed by atoms with Crippen molar-refractivity contribution in [1.82, 2.24) is 10.6 Å². The Labute approximate surface area is 127 Å². The molecule has 1 saturated carbocycles. The molecule has 0 aromatic carbocycles. The van der Waals surface area contributed by atoms with Crippen molar-refractivity contribution in [2.75, 3.05) is 13.2 Å². The third-order valence-electron chi connectivity index (χ3n) is 3.39. The van der Waals surface area contributed by atoms with Gasteiger partial charge in [-0.2, -0.15) is 0 Å². The smallest absolute Gasteiger partial charge is 0.331 e. The van der Waals surface area contributed by atoms with Crippen LogP contribution in [0.2, 0.25) is 0 Å². The summed E-state index contributed by atoms with van der Waals surface area (Å²) in [5.41, 5.74) is 0. The molecule has 7 heteroatoms. The number of carboxylic acids is 1. The molecule has 1 aromatic rings. The zero-order chi connectivity index (χ0) is 15.1. The van der Waals surface area contributed by atoms with Gasteiger partial charge in [-0.3, -0.25) is 0 Å². The van der Waals surface area contributed by atoms with Crippen LogP contribution >= 0.6 is 11.3 Å². The Kier molecular flexibility index (Phi) is 6.01. The van der Waals surface area contributed by atoms with Gasteiger partial charge in [0.2, 0.25) is 0 Å². The lowest BCUT2D eigenvalue weighted by Crippen LogP contribution is -2.41. The minimum Gasteiger partial charge on any atom is -0.479 e. The predicted molar refractivity (Wildman–Crippen MR) is 79.4 cm³/mol. The van der Waals surface area contributed by atoms with Crippen molar-refractivity contribution in [3.05, 3.63) is 22.4 Å². The molecule has 0 saturated heterocycles. The zero-order valence-corrected chi connectivity index (χ0v) is 12.5. The van der Waals surface area contributed by atoms with Crippen molar-refractivity contribution in [2.24, 2.45) is 0 Å². The summed E-state index contributed by atoms with van der Waals surface area (Å²) in [5.74, 6) is -1.07. The van der Waals surface area contributed by atoms with Gasteiger partial charge >= 0.3 is 12.0 Å². The highest BCUT2D eigenvalue weighted by molar-refractivity contribution is 7.10. The number of thiophene rings is 1. The van der Waals surface area contributed by atoms with Gasteiger partial charge in [0.05, 0.1) is 12.7 Å². The number of amides is 2. The van der Waals surface area contributed by atoms with Crippen LogP contribution in [0.3, 0.4) is 0 Å². The fourth-order valence-corrected chi connectivity index (χ4v) is 3.10. The topological polar surface area (TPSA) is 87.7 Å². The molecule has 3 N–H and O–H groups in total. The van der Waals surface area contributed by atoms with Gasteiger partial charge in [-0.15, -0.1) is 11.3 Å². The lowest BCUT2D eigenvalue weighted by atomic mass is 10.2. The number of carboxylic acid groups (broad SMARTS) is 1. The van der Waals surface area contributed by atoms with Crippen LogP contribution in [0.4, 0.5) is 4.79 Å². The second-order valence-electron chi connectivity index (χ2n) is 4.96. The molecule has 0 spiro atoms. The quantitative estimate of drug-likeness (QED) is 0.673. The van der Waals surface area contributed by atoms with Gasteiger partial charge in [-0.05, 0) is 24.3 Å². The molecule has 2 rings (SSSR count). The number of carbonyl (C=O) groups is 2. The largest absolute Gasteiger partial charge is 0.479 e. The van der Waals surface area contributed by atoms with Crippen LogP contribution in [0.5, 0.6) is 0 Å². The van der Waals surface area contributed by atoms with E-state index in [0.29, 0.717) is 24.1 Å². The minimum atomic E-state index is -1.07. The van der Waals surface area contributed by atoms with Crippen LogP contribution in [0, 0.1) is 0 Å². The summed E-state index contributed by atoms with van der Waals surface area (Å²) >= 11 is 1.30. The second kappa shape index (κ2) is 7.99. The van der Waals surface area contributed by atoms with E-state index in [0.717, 1.165) is 12.8 Å². The molecule has 0 bridgehead atoms. The molecule has 0 aliphatic heterocycles. The standard InChI is InChI=1S/C14H20N2O4S/c17-13(18)12(11-6-3-9-21-11)16-14(19)15-7-8-20-10-4-1-2-5-10/h3,6,9-10,12H,1-2,4-5,7-8H2,(H,17,18)(H2,15,16,19). The van der Waals surface area contributed by atoms with Crippen molar-refractivity contribution in [2.45, 2.75) is 37.8 Å². The summed E-state index contributed by atoms with van der Waals surface area (Å²) in [7, 11) is 0. The molecule has 21 heavy (non-hydrogen) atoms. The van der Waals surface area contributed by atoms with Gasteiger partial charge in [-0.25, -0.2) is 9.59 Å². The number of nitrogens with one attached hydrogen (secondary N) is 2. The van der Waals surface area contributed by atoms with Gasteiger partial charge in [0.25, 0.3) is 0 Å². The maximum Gasteiger partial charge on any atom is 0.331 e. The highest BCUT2D eigenvalue weighted by Crippen LogP contribution is 2.20. The number of hydrogen-bond acceptors (Lipinski definition) is 4. The van der Waals surface area contributed by atoms with Crippen molar-refractivity contribution in [3.63, 3.8) is 0 Å². The van der Waals surface area contributed by atoms with E-state index in [-0.39, 0.29) is 0 Å². The van der Waals surface area contributed by atoms with Crippen molar-refractivity contribution < 1.29 is 19.4 Å². The Bertz CT molecular complexity index is 458. The van der Waals surface area contributed by atoms with Crippen LogP contribution in [-0.4, -0.2) is 36.4 Å². The Hall–Kier alpha value is -1.60. The molecular formula is C14H20N2O4S. The van der Waals surface area contributed by atoms with E-state index in [1.165, 1.54) is 24.2 Å². The maximum atomic E-state index is 11.7. The first-order valence-corrected chi connectivity index (χ1v) is 7.97. The summed E-state index contributed by atoms with van der Waals surface area (Å²) in [4.78, 5) is 23.5. The van der Waals surface area contributed by atoms with Gasteiger partial charge in [0.1, 0.15) is 0 Å². The SMILES string of the molecule is O=C(NCCOC1CCCC1)NC(C(=O)O)c1cccs1. The molecule has 0 radical (unpaired) electrons. The highest BCUT2D eigenvalue weighted by Gasteiger charge is 2.22. The van der Waals surface area contributed by atoms with E-state index >= 15 is 0 Å². The summed E-state index contributed by atoms with van der Waals surface area (Å²) in [6, 6.07) is 1.93. The number of hydrogen-bond donors (Lipinski definition) is 3. The van der Waals surface area contributed by atoms with E-state index in [1.54, 1.807) is 17.5 Å². The minimum absolute atomic E-state index is 0.313. The van der Waals surface area contributed by atoms with Crippen LogP contribution in [-0.2, 0) is 9.53 Å². The predicted octanol–water partition coefficient (Wildman–Crippen LogP) is 2.13. The van der Waals surface area contributed by atoms with Crippen LogP contribution < -0.4 is 10.6 Å². The third kappa shape index (κ3) is 5.02. The number of urea groups is 1. The van der Waals surface area contributed by atoms with E-state index < -0.39 is 18.0 Å². The molecule has 6 nitrogen and oxygen atoms in total. The molecular weight excluding hydrogens is 292 g/mol. The molecule has 1 fully saturated rings. The molecule has 2 amide bonds. The normalized spacial score (nSPS) is 16.6. The van der Waals surface area contributed by atoms with Gasteiger partial charge in [0, 0.05) is 11.4 Å². The van der Waals surface area contributed by atoms with Crippen LogP contribution in [0.25, 0.3) is 0 Å². The first-order chi connectivity index (χ1) is 10.2. The summed E-state index contributed by atoms with van der Waals surface area (Å²) in [6.07, 6.45) is 4.91. The number of ether oxygens (including phenoxy) is 1. The zero-order valence-electron chi connectivity index (χ0n) is 11.7. The average Bonchev–Trinajstić information content (AvgIpc) is 3.13. The first kappa shape index (κ1) is 15.8. The lowest BCUT2D eigenvalue weighted by molar-refractivity contribution is -0.139. The monoisotopic (exact) mass is 312 g/mol. The van der Waals surface area contributed by atoms with Gasteiger partial charge in [-0.1, -0.05) is 18.9 Å². The first-order valence-electron chi connectivity index (χ1n) is 7.09. The Balaban J connectivity index is 1.68. The molecule has 1 aromatic heterocycles. The van der Waals surface area contributed by atoms with Crippen LogP contribution in [0.1, 0.15) is 36.6 Å². The Morgan fingerprint density at radius 2 is 2.19 bits per heavy atom. The fraction of sp³-hybridized carbons (Fsp3) is 0.571. The molecule has 116 valence electrons. The van der Waals surface area contributed by atoms with E-state index in [2.05, 4.69) is 10.6 Å². The fourth-order valence-electron chi connectivity index (χ4n) is 2.34.